The van der Waals surface area contributed by atoms with Crippen molar-refractivity contribution in [3.63, 3.8) is 0 Å². The largest absolute Gasteiger partial charge is 0.474 e. The molecule has 0 bridgehead atoms. The average Bonchev–Trinajstić information content (AvgIpc) is 3.30. The van der Waals surface area contributed by atoms with Gasteiger partial charge < -0.3 is 25.6 Å². The highest BCUT2D eigenvalue weighted by molar-refractivity contribution is 5.99. The molecule has 10 heteroatoms. The number of carbonyl (C=O) groups is 1. The van der Waals surface area contributed by atoms with Crippen LogP contribution in [-0.4, -0.2) is 53.6 Å². The first kappa shape index (κ1) is 22.1. The molecule has 34 heavy (non-hydrogen) atoms. The number of anilines is 3. The molecule has 0 radical (unpaired) electrons. The summed E-state index contributed by atoms with van der Waals surface area (Å²) < 4.78 is 26.5. The second-order valence-electron chi connectivity index (χ2n) is 8.59. The van der Waals surface area contributed by atoms with Crippen molar-refractivity contribution < 1.29 is 23.8 Å². The van der Waals surface area contributed by atoms with Gasteiger partial charge in [0.2, 0.25) is 5.88 Å². The van der Waals surface area contributed by atoms with Crippen molar-refractivity contribution in [3.05, 3.63) is 35.9 Å². The van der Waals surface area contributed by atoms with Crippen LogP contribution in [0, 0.1) is 18.7 Å². The number of amides is 1. The van der Waals surface area contributed by atoms with Gasteiger partial charge in [0, 0.05) is 41.4 Å². The first-order valence-electron chi connectivity index (χ1n) is 11.2. The Hall–Kier alpha value is -3.66. The fourth-order valence-electron chi connectivity index (χ4n) is 4.78. The van der Waals surface area contributed by atoms with Crippen molar-refractivity contribution in [2.45, 2.75) is 26.3 Å². The number of rotatable bonds is 4. The molecule has 0 aliphatic carbocycles. The molecule has 4 N–H and O–H groups in total. The van der Waals surface area contributed by atoms with Crippen molar-refractivity contribution in [3.8, 4) is 17.0 Å². The summed E-state index contributed by atoms with van der Waals surface area (Å²) in [7, 11) is 0. The summed E-state index contributed by atoms with van der Waals surface area (Å²) in [4.78, 5) is 22.1. The molecule has 4 heterocycles. The molecule has 3 aromatic rings. The number of nitrogens with two attached hydrogens (primary N) is 1. The number of hydrogen-bond acceptors (Lipinski definition) is 7. The lowest BCUT2D eigenvalue weighted by Crippen LogP contribution is -2.44. The van der Waals surface area contributed by atoms with E-state index in [0.29, 0.717) is 48.6 Å². The summed E-state index contributed by atoms with van der Waals surface area (Å²) in [6.07, 6.45) is 2.66. The van der Waals surface area contributed by atoms with Crippen LogP contribution >= 0.6 is 0 Å². The van der Waals surface area contributed by atoms with Crippen LogP contribution in [0.15, 0.2) is 24.5 Å². The molecule has 0 unspecified atom stereocenters. The van der Waals surface area contributed by atoms with Gasteiger partial charge >= 0.3 is 6.09 Å². The maximum Gasteiger partial charge on any atom is 0.413 e. The van der Waals surface area contributed by atoms with E-state index in [-0.39, 0.29) is 29.0 Å². The number of ether oxygens (including phenoxy) is 2. The lowest BCUT2D eigenvalue weighted by molar-refractivity contribution is 0.179. The molecule has 1 amide bonds. The lowest BCUT2D eigenvalue weighted by Gasteiger charge is -2.28. The Kier molecular flexibility index (Phi) is 5.60. The van der Waals surface area contributed by atoms with Gasteiger partial charge in [-0.3, -0.25) is 4.90 Å². The minimum absolute atomic E-state index is 0.0506. The van der Waals surface area contributed by atoms with Gasteiger partial charge in [-0.05, 0) is 36.4 Å². The third-order valence-corrected chi connectivity index (χ3v) is 6.69. The molecule has 2 aliphatic heterocycles. The highest BCUT2D eigenvalue weighted by atomic mass is 19.1. The molecule has 5 rings (SSSR count). The molecular weight excluding hydrogens is 441 g/mol. The Morgan fingerprint density at radius 2 is 2.12 bits per heavy atom. The van der Waals surface area contributed by atoms with E-state index in [0.717, 1.165) is 17.7 Å². The van der Waals surface area contributed by atoms with Crippen LogP contribution in [0.4, 0.5) is 26.4 Å². The first-order valence-corrected chi connectivity index (χ1v) is 11.2. The molecule has 1 aromatic carbocycles. The van der Waals surface area contributed by atoms with Crippen LogP contribution in [0.1, 0.15) is 18.9 Å². The molecule has 2 aliphatic rings. The molecular formula is C24H26FN5O4. The number of hydrogen-bond donors (Lipinski definition) is 3. The Morgan fingerprint density at radius 3 is 2.88 bits per heavy atom. The summed E-state index contributed by atoms with van der Waals surface area (Å²) in [6, 6.07) is 2.95. The van der Waals surface area contributed by atoms with E-state index in [2.05, 4.69) is 15.3 Å². The molecule has 9 nitrogen and oxygen atoms in total. The summed E-state index contributed by atoms with van der Waals surface area (Å²) in [5, 5.41) is 14.2. The number of pyridine rings is 2. The number of nitrogen functional groups attached to an aromatic ring is 1. The molecule has 1 saturated heterocycles. The third-order valence-electron chi connectivity index (χ3n) is 6.69. The van der Waals surface area contributed by atoms with Gasteiger partial charge in [-0.1, -0.05) is 6.92 Å². The monoisotopic (exact) mass is 467 g/mol. The standard InChI is InChI=1S/C24H26FN5O4/c1-3-13-10-33-11-18(13)30(24(31)32)19-7-14-6-15(20(25)21(26)17(14)9-28-19)16-8-29-23-22(12(16)2)27-4-5-34-23/h6-9,13,18,27H,3-5,10-11,26H2,1-2H3,(H,31,32)/t13-,18-/m0/s1. The Morgan fingerprint density at radius 1 is 1.29 bits per heavy atom. The molecule has 0 saturated carbocycles. The number of fused-ring (bicyclic) bond motifs is 2. The highest BCUT2D eigenvalue weighted by Crippen LogP contribution is 2.40. The minimum Gasteiger partial charge on any atom is -0.474 e. The van der Waals surface area contributed by atoms with Crippen LogP contribution in [0.5, 0.6) is 5.88 Å². The molecule has 2 atom stereocenters. The fourth-order valence-corrected chi connectivity index (χ4v) is 4.78. The van der Waals surface area contributed by atoms with E-state index < -0.39 is 11.9 Å². The summed E-state index contributed by atoms with van der Waals surface area (Å²) >= 11 is 0. The summed E-state index contributed by atoms with van der Waals surface area (Å²) in [6.45, 7) is 5.82. The maximum absolute atomic E-state index is 15.4. The second kappa shape index (κ2) is 8.60. The van der Waals surface area contributed by atoms with Gasteiger partial charge in [0.1, 0.15) is 18.1 Å². The van der Waals surface area contributed by atoms with Gasteiger partial charge in [-0.25, -0.2) is 19.2 Å². The number of nitrogens with zero attached hydrogens (tertiary/aromatic N) is 3. The SMILES string of the molecule is CC[C@H]1COC[C@@H]1N(C(=O)O)c1cc2cc(-c3cnc4c(c3C)NCCO4)c(F)c(N)c2cn1. The van der Waals surface area contributed by atoms with Gasteiger partial charge in [0.25, 0.3) is 0 Å². The third kappa shape index (κ3) is 3.54. The topological polar surface area (TPSA) is 123 Å². The Balaban J connectivity index is 1.64. The highest BCUT2D eigenvalue weighted by Gasteiger charge is 2.36. The summed E-state index contributed by atoms with van der Waals surface area (Å²) in [5.74, 6) is 0.228. The summed E-state index contributed by atoms with van der Waals surface area (Å²) in [5.41, 5.74) is 8.49. The minimum atomic E-state index is -1.11. The van der Waals surface area contributed by atoms with Crippen molar-refractivity contribution in [1.82, 2.24) is 9.97 Å². The molecule has 178 valence electrons. The van der Waals surface area contributed by atoms with Crippen molar-refractivity contribution >= 4 is 34.1 Å². The molecule has 2 aromatic heterocycles. The quantitative estimate of drug-likeness (QED) is 0.492. The van der Waals surface area contributed by atoms with E-state index in [1.165, 1.54) is 11.1 Å². The Labute approximate surface area is 195 Å². The van der Waals surface area contributed by atoms with E-state index in [9.17, 15) is 9.90 Å². The van der Waals surface area contributed by atoms with Crippen LogP contribution in [0.2, 0.25) is 0 Å². The van der Waals surface area contributed by atoms with Crippen LogP contribution in [0.3, 0.4) is 0 Å². The van der Waals surface area contributed by atoms with Crippen LogP contribution in [0.25, 0.3) is 21.9 Å². The van der Waals surface area contributed by atoms with Crippen molar-refractivity contribution in [2.24, 2.45) is 5.92 Å². The van der Waals surface area contributed by atoms with Crippen LogP contribution < -0.4 is 20.7 Å². The number of benzene rings is 1. The van der Waals surface area contributed by atoms with Gasteiger partial charge in [-0.15, -0.1) is 0 Å². The van der Waals surface area contributed by atoms with Crippen molar-refractivity contribution in [1.29, 1.82) is 0 Å². The van der Waals surface area contributed by atoms with Crippen LogP contribution in [-0.2, 0) is 4.74 Å². The average molecular weight is 468 g/mol. The van der Waals surface area contributed by atoms with E-state index >= 15 is 4.39 Å². The molecule has 0 spiro atoms. The number of halogens is 1. The predicted molar refractivity (Wildman–Crippen MR) is 127 cm³/mol. The van der Waals surface area contributed by atoms with Crippen molar-refractivity contribution in [2.75, 3.05) is 42.3 Å². The maximum atomic E-state index is 15.4. The number of aromatic nitrogens is 2. The lowest BCUT2D eigenvalue weighted by atomic mass is 9.96. The van der Waals surface area contributed by atoms with Gasteiger partial charge in [0.15, 0.2) is 5.82 Å². The smallest absolute Gasteiger partial charge is 0.413 e. The first-order chi connectivity index (χ1) is 16.4. The molecule has 1 fully saturated rings. The zero-order valence-electron chi connectivity index (χ0n) is 19.0. The predicted octanol–water partition coefficient (Wildman–Crippen LogP) is 4.04. The fraction of sp³-hybridized carbons (Fsp3) is 0.375. The zero-order valence-corrected chi connectivity index (χ0v) is 19.0. The van der Waals surface area contributed by atoms with Gasteiger partial charge in [0.05, 0.1) is 24.9 Å². The van der Waals surface area contributed by atoms with E-state index in [1.54, 1.807) is 18.3 Å². The van der Waals surface area contributed by atoms with Gasteiger partial charge in [-0.2, -0.15) is 0 Å². The van der Waals surface area contributed by atoms with E-state index in [4.69, 9.17) is 15.2 Å². The number of nitrogens with one attached hydrogen (secondary N) is 1. The number of carboxylic acid groups (broad SMARTS) is 1. The Bertz CT molecular complexity index is 1280. The van der Waals surface area contributed by atoms with E-state index in [1.807, 2.05) is 13.8 Å². The second-order valence-corrected chi connectivity index (χ2v) is 8.59. The zero-order chi connectivity index (χ0) is 24.0. The normalized spacial score (nSPS) is 19.4.